The molecule has 1 fully saturated rings. The Hall–Kier alpha value is -1.47. The highest BCUT2D eigenvalue weighted by molar-refractivity contribution is 7.10. The number of amides is 1. The molecular weight excluding hydrogens is 316 g/mol. The number of carboxylic acids is 1. The minimum Gasteiger partial charge on any atom is -0.481 e. The van der Waals surface area contributed by atoms with E-state index in [1.54, 1.807) is 5.38 Å². The lowest BCUT2D eigenvalue weighted by Gasteiger charge is -2.27. The van der Waals surface area contributed by atoms with Gasteiger partial charge in [-0.3, -0.25) is 9.59 Å². The number of hydrogen-bond donors (Lipinski definition) is 2. The van der Waals surface area contributed by atoms with Crippen LogP contribution in [0.15, 0.2) is 5.38 Å². The quantitative estimate of drug-likeness (QED) is 0.858. The van der Waals surface area contributed by atoms with E-state index in [4.69, 9.17) is 4.74 Å². The minimum atomic E-state index is -0.870. The van der Waals surface area contributed by atoms with Crippen molar-refractivity contribution in [3.63, 3.8) is 0 Å². The predicted molar refractivity (Wildman–Crippen MR) is 87.8 cm³/mol. The molecule has 7 heteroatoms. The fourth-order valence-electron chi connectivity index (χ4n) is 2.59. The van der Waals surface area contributed by atoms with Gasteiger partial charge >= 0.3 is 5.97 Å². The van der Waals surface area contributed by atoms with Crippen LogP contribution in [0.3, 0.4) is 0 Å². The third-order valence-electron chi connectivity index (χ3n) is 4.01. The Morgan fingerprint density at radius 3 is 2.61 bits per heavy atom. The molecule has 1 aliphatic heterocycles. The van der Waals surface area contributed by atoms with E-state index in [2.05, 4.69) is 10.3 Å². The molecule has 1 aromatic heterocycles. The van der Waals surface area contributed by atoms with Crippen molar-refractivity contribution in [3.8, 4) is 0 Å². The number of rotatable bonds is 5. The van der Waals surface area contributed by atoms with Gasteiger partial charge in [0.15, 0.2) is 0 Å². The zero-order valence-electron chi connectivity index (χ0n) is 13.8. The summed E-state index contributed by atoms with van der Waals surface area (Å²) in [5, 5.41) is 14.8. The highest BCUT2D eigenvalue weighted by Gasteiger charge is 2.30. The van der Waals surface area contributed by atoms with Crippen LogP contribution in [0.2, 0.25) is 0 Å². The number of carboxylic acid groups (broad SMARTS) is 1. The molecule has 2 N–H and O–H groups in total. The molecule has 1 amide bonds. The second-order valence-electron chi connectivity index (χ2n) is 6.89. The van der Waals surface area contributed by atoms with E-state index in [0.29, 0.717) is 18.9 Å². The Kier molecular flexibility index (Phi) is 5.75. The zero-order chi connectivity index (χ0) is 17.0. The molecule has 6 nitrogen and oxygen atoms in total. The van der Waals surface area contributed by atoms with Crippen LogP contribution in [0.1, 0.15) is 49.1 Å². The summed E-state index contributed by atoms with van der Waals surface area (Å²) in [7, 11) is 0. The molecule has 1 saturated heterocycles. The van der Waals surface area contributed by atoms with E-state index >= 15 is 0 Å². The number of aliphatic carboxylic acids is 1. The van der Waals surface area contributed by atoms with Crippen molar-refractivity contribution in [2.24, 2.45) is 11.8 Å². The largest absolute Gasteiger partial charge is 0.481 e. The molecule has 2 heterocycles. The summed E-state index contributed by atoms with van der Waals surface area (Å²) in [5.41, 5.74) is 0.255. The average Bonchev–Trinajstić information content (AvgIpc) is 2.98. The van der Waals surface area contributed by atoms with Gasteiger partial charge < -0.3 is 15.2 Å². The summed E-state index contributed by atoms with van der Waals surface area (Å²) < 4.78 is 5.27. The zero-order valence-corrected chi connectivity index (χ0v) is 14.6. The number of thiazole rings is 1. The Bertz CT molecular complexity index is 559. The summed E-state index contributed by atoms with van der Waals surface area (Å²) in [6, 6.07) is 0. The van der Waals surface area contributed by atoms with Crippen LogP contribution in [0, 0.1) is 11.8 Å². The summed E-state index contributed by atoms with van der Waals surface area (Å²) in [6.45, 7) is 7.42. The Morgan fingerprint density at radius 2 is 2.09 bits per heavy atom. The molecule has 128 valence electrons. The molecule has 1 aromatic rings. The fourth-order valence-corrected chi connectivity index (χ4v) is 3.48. The van der Waals surface area contributed by atoms with Gasteiger partial charge in [0.2, 0.25) is 0 Å². The van der Waals surface area contributed by atoms with Crippen LogP contribution in [0.25, 0.3) is 0 Å². The lowest BCUT2D eigenvalue weighted by atomic mass is 9.86. The van der Waals surface area contributed by atoms with Crippen molar-refractivity contribution >= 4 is 23.2 Å². The number of nitrogens with zero attached hydrogens (tertiary/aromatic N) is 1. The summed E-state index contributed by atoms with van der Waals surface area (Å²) in [4.78, 5) is 28.0. The maximum Gasteiger partial charge on any atom is 0.308 e. The van der Waals surface area contributed by atoms with Gasteiger partial charge in [-0.15, -0.1) is 11.3 Å². The van der Waals surface area contributed by atoms with Gasteiger partial charge in [0, 0.05) is 30.6 Å². The van der Waals surface area contributed by atoms with Crippen molar-refractivity contribution in [2.75, 3.05) is 19.8 Å². The van der Waals surface area contributed by atoms with Gasteiger partial charge in [-0.2, -0.15) is 0 Å². The molecule has 1 aliphatic rings. The Morgan fingerprint density at radius 1 is 1.43 bits per heavy atom. The van der Waals surface area contributed by atoms with Gasteiger partial charge in [-0.1, -0.05) is 20.8 Å². The maximum atomic E-state index is 12.2. The first-order valence-electron chi connectivity index (χ1n) is 7.84. The summed E-state index contributed by atoms with van der Waals surface area (Å²) >= 11 is 1.45. The number of aromatic nitrogens is 1. The van der Waals surface area contributed by atoms with Gasteiger partial charge in [-0.05, 0) is 18.8 Å². The van der Waals surface area contributed by atoms with Crippen molar-refractivity contribution in [2.45, 2.75) is 39.0 Å². The van der Waals surface area contributed by atoms with Crippen molar-refractivity contribution in [3.05, 3.63) is 16.1 Å². The lowest BCUT2D eigenvalue weighted by molar-refractivity contribution is -0.144. The van der Waals surface area contributed by atoms with Crippen LogP contribution < -0.4 is 5.32 Å². The molecule has 0 aromatic carbocycles. The normalized spacial score (nSPS) is 17.7. The second kappa shape index (κ2) is 7.40. The van der Waals surface area contributed by atoms with Gasteiger partial charge in [0.1, 0.15) is 5.69 Å². The third-order valence-corrected chi connectivity index (χ3v) is 5.28. The van der Waals surface area contributed by atoms with E-state index < -0.39 is 11.9 Å². The molecule has 2 rings (SSSR count). The molecular formula is C16H24N2O4S. The SMILES string of the molecule is CC(C)(C)c1nc(C(=O)NCC(C(=O)O)C2CCOCC2)cs1. The molecule has 1 atom stereocenters. The Balaban J connectivity index is 1.96. The summed E-state index contributed by atoms with van der Waals surface area (Å²) in [6.07, 6.45) is 1.44. The van der Waals surface area contributed by atoms with Crippen LogP contribution in [0.4, 0.5) is 0 Å². The molecule has 0 bridgehead atoms. The minimum absolute atomic E-state index is 0.0436. The monoisotopic (exact) mass is 340 g/mol. The van der Waals surface area contributed by atoms with E-state index in [9.17, 15) is 14.7 Å². The van der Waals surface area contributed by atoms with Crippen molar-refractivity contribution < 1.29 is 19.4 Å². The van der Waals surface area contributed by atoms with Crippen LogP contribution in [0.5, 0.6) is 0 Å². The van der Waals surface area contributed by atoms with E-state index in [-0.39, 0.29) is 23.8 Å². The van der Waals surface area contributed by atoms with Gasteiger partial charge in [0.25, 0.3) is 5.91 Å². The van der Waals surface area contributed by atoms with Crippen molar-refractivity contribution in [1.29, 1.82) is 0 Å². The predicted octanol–water partition coefficient (Wildman–Crippen LogP) is 2.30. The van der Waals surface area contributed by atoms with Gasteiger partial charge in [-0.25, -0.2) is 4.98 Å². The number of ether oxygens (including phenoxy) is 1. The highest BCUT2D eigenvalue weighted by atomic mass is 32.1. The Labute approximate surface area is 140 Å². The lowest BCUT2D eigenvalue weighted by Crippen LogP contribution is -2.39. The first-order chi connectivity index (χ1) is 10.8. The molecule has 0 saturated carbocycles. The number of hydrogen-bond acceptors (Lipinski definition) is 5. The van der Waals surface area contributed by atoms with Crippen LogP contribution in [-0.4, -0.2) is 41.7 Å². The number of carbonyl (C=O) groups excluding carboxylic acids is 1. The van der Waals surface area contributed by atoms with E-state index in [1.165, 1.54) is 11.3 Å². The molecule has 0 radical (unpaired) electrons. The second-order valence-corrected chi connectivity index (χ2v) is 7.75. The maximum absolute atomic E-state index is 12.2. The smallest absolute Gasteiger partial charge is 0.308 e. The van der Waals surface area contributed by atoms with Crippen molar-refractivity contribution in [1.82, 2.24) is 10.3 Å². The highest BCUT2D eigenvalue weighted by Crippen LogP contribution is 2.26. The first kappa shape index (κ1) is 17.9. The first-order valence-corrected chi connectivity index (χ1v) is 8.71. The van der Waals surface area contributed by atoms with Crippen LogP contribution in [-0.2, 0) is 14.9 Å². The molecule has 0 spiro atoms. The van der Waals surface area contributed by atoms with E-state index in [1.807, 2.05) is 20.8 Å². The summed E-state index contributed by atoms with van der Waals surface area (Å²) in [5.74, 6) is -1.72. The average molecular weight is 340 g/mol. The topological polar surface area (TPSA) is 88.5 Å². The molecule has 0 aliphatic carbocycles. The third kappa shape index (κ3) is 4.75. The molecule has 1 unspecified atom stereocenters. The van der Waals surface area contributed by atoms with Gasteiger partial charge in [0.05, 0.1) is 10.9 Å². The fraction of sp³-hybridized carbons (Fsp3) is 0.688. The standard InChI is InChI=1S/C16H24N2O4S/c1-16(2,3)15-18-12(9-23-15)13(19)17-8-11(14(20)21)10-4-6-22-7-5-10/h9-11H,4-8H2,1-3H3,(H,17,19)(H,20,21). The number of nitrogens with one attached hydrogen (secondary N) is 1. The molecule has 23 heavy (non-hydrogen) atoms. The number of carbonyl (C=O) groups is 2. The van der Waals surface area contributed by atoms with E-state index in [0.717, 1.165) is 17.8 Å². The van der Waals surface area contributed by atoms with Crippen LogP contribution >= 0.6 is 11.3 Å².